The molecule has 0 aliphatic rings. The van der Waals surface area contributed by atoms with E-state index in [-0.39, 0.29) is 0 Å². The molecule has 1 N–H and O–H groups in total. The van der Waals surface area contributed by atoms with Gasteiger partial charge in [-0.05, 0) is 43.0 Å². The van der Waals surface area contributed by atoms with Crippen molar-refractivity contribution in [2.24, 2.45) is 0 Å². The number of rotatable bonds is 7. The molecule has 0 saturated heterocycles. The Kier molecular flexibility index (Phi) is 7.17. The third-order valence-electron chi connectivity index (χ3n) is 2.60. The number of halogens is 1. The number of thioether (sulfide) groups is 1. The van der Waals surface area contributed by atoms with Gasteiger partial charge in [0.05, 0.1) is 0 Å². The van der Waals surface area contributed by atoms with E-state index in [0.717, 1.165) is 13.0 Å². The topological polar surface area (TPSA) is 12.0 Å². The van der Waals surface area contributed by atoms with Crippen LogP contribution in [0, 0.1) is 0 Å². The average molecular weight is 302 g/mol. The molecular weight excluding hydrogens is 282 g/mol. The van der Waals surface area contributed by atoms with E-state index in [0.29, 0.717) is 6.04 Å². The van der Waals surface area contributed by atoms with E-state index in [1.165, 1.54) is 22.2 Å². The lowest BCUT2D eigenvalue weighted by Gasteiger charge is -2.18. The third-order valence-corrected chi connectivity index (χ3v) is 4.02. The standard InChI is InChI=1S/C13H20BrNS/c1-3-13(15-9-6-10-16-2)11-7-4-5-8-12(11)14/h4-5,7-8,13,15H,3,6,9-10H2,1-2H3. The van der Waals surface area contributed by atoms with Crippen molar-refractivity contribution in [2.75, 3.05) is 18.6 Å². The fourth-order valence-electron chi connectivity index (χ4n) is 1.72. The predicted molar refractivity (Wildman–Crippen MR) is 78.2 cm³/mol. The molecule has 1 aromatic carbocycles. The van der Waals surface area contributed by atoms with Crippen molar-refractivity contribution in [1.82, 2.24) is 5.32 Å². The van der Waals surface area contributed by atoms with Crippen LogP contribution in [-0.4, -0.2) is 18.6 Å². The van der Waals surface area contributed by atoms with Crippen LogP contribution in [-0.2, 0) is 0 Å². The van der Waals surface area contributed by atoms with E-state index in [2.05, 4.69) is 58.7 Å². The minimum Gasteiger partial charge on any atom is -0.310 e. The molecule has 0 radical (unpaired) electrons. The van der Waals surface area contributed by atoms with Crippen molar-refractivity contribution in [2.45, 2.75) is 25.8 Å². The summed E-state index contributed by atoms with van der Waals surface area (Å²) in [5.41, 5.74) is 1.37. The minimum absolute atomic E-state index is 0.470. The van der Waals surface area contributed by atoms with Crippen molar-refractivity contribution in [3.05, 3.63) is 34.3 Å². The molecule has 3 heteroatoms. The first-order chi connectivity index (χ1) is 7.79. The SMILES string of the molecule is CCC(NCCCSC)c1ccccc1Br. The zero-order valence-electron chi connectivity index (χ0n) is 10.0. The van der Waals surface area contributed by atoms with Gasteiger partial charge in [-0.25, -0.2) is 0 Å². The van der Waals surface area contributed by atoms with E-state index in [1.807, 2.05) is 11.8 Å². The number of benzene rings is 1. The van der Waals surface area contributed by atoms with Crippen LogP contribution in [0.25, 0.3) is 0 Å². The molecule has 1 rings (SSSR count). The van der Waals surface area contributed by atoms with Crippen LogP contribution in [0.15, 0.2) is 28.7 Å². The van der Waals surface area contributed by atoms with Crippen LogP contribution in [0.3, 0.4) is 0 Å². The number of hydrogen-bond acceptors (Lipinski definition) is 2. The molecule has 16 heavy (non-hydrogen) atoms. The summed E-state index contributed by atoms with van der Waals surface area (Å²) < 4.78 is 1.21. The highest BCUT2D eigenvalue weighted by Crippen LogP contribution is 2.25. The normalized spacial score (nSPS) is 12.7. The van der Waals surface area contributed by atoms with Gasteiger partial charge in [0.25, 0.3) is 0 Å². The largest absolute Gasteiger partial charge is 0.310 e. The van der Waals surface area contributed by atoms with Gasteiger partial charge in [-0.15, -0.1) is 0 Å². The first kappa shape index (κ1) is 14.1. The van der Waals surface area contributed by atoms with Crippen molar-refractivity contribution in [3.8, 4) is 0 Å². The van der Waals surface area contributed by atoms with Crippen LogP contribution >= 0.6 is 27.7 Å². The summed E-state index contributed by atoms with van der Waals surface area (Å²) in [5.74, 6) is 1.24. The van der Waals surface area contributed by atoms with Gasteiger partial charge in [-0.1, -0.05) is 41.1 Å². The summed E-state index contributed by atoms with van der Waals surface area (Å²) in [6.45, 7) is 3.33. The van der Waals surface area contributed by atoms with Crippen LogP contribution in [0.2, 0.25) is 0 Å². The lowest BCUT2D eigenvalue weighted by molar-refractivity contribution is 0.518. The van der Waals surface area contributed by atoms with Crippen molar-refractivity contribution < 1.29 is 0 Å². The molecule has 1 nitrogen and oxygen atoms in total. The molecule has 0 amide bonds. The second kappa shape index (κ2) is 8.15. The van der Waals surface area contributed by atoms with Crippen LogP contribution in [0.5, 0.6) is 0 Å². The van der Waals surface area contributed by atoms with Crippen molar-refractivity contribution >= 4 is 27.7 Å². The fourth-order valence-corrected chi connectivity index (χ4v) is 2.72. The lowest BCUT2D eigenvalue weighted by atomic mass is 10.0. The molecule has 0 fully saturated rings. The molecule has 0 spiro atoms. The quantitative estimate of drug-likeness (QED) is 0.756. The number of nitrogens with one attached hydrogen (secondary N) is 1. The Balaban J connectivity index is 2.51. The summed E-state index contributed by atoms with van der Waals surface area (Å²) >= 11 is 5.53. The highest BCUT2D eigenvalue weighted by molar-refractivity contribution is 9.10. The van der Waals surface area contributed by atoms with Crippen molar-refractivity contribution in [1.29, 1.82) is 0 Å². The second-order valence-corrected chi connectivity index (χ2v) is 5.62. The van der Waals surface area contributed by atoms with Gasteiger partial charge in [0.1, 0.15) is 0 Å². The van der Waals surface area contributed by atoms with Gasteiger partial charge in [0.2, 0.25) is 0 Å². The Morgan fingerprint density at radius 2 is 2.12 bits per heavy atom. The zero-order valence-corrected chi connectivity index (χ0v) is 12.4. The van der Waals surface area contributed by atoms with Crippen LogP contribution in [0.4, 0.5) is 0 Å². The van der Waals surface area contributed by atoms with E-state index < -0.39 is 0 Å². The molecule has 0 heterocycles. The van der Waals surface area contributed by atoms with Gasteiger partial charge < -0.3 is 5.32 Å². The maximum atomic E-state index is 3.62. The molecule has 0 aromatic heterocycles. The van der Waals surface area contributed by atoms with E-state index >= 15 is 0 Å². The van der Waals surface area contributed by atoms with Gasteiger partial charge in [0, 0.05) is 10.5 Å². The Hall–Kier alpha value is 0.01000. The minimum atomic E-state index is 0.470. The molecule has 0 aliphatic heterocycles. The summed E-state index contributed by atoms with van der Waals surface area (Å²) in [6, 6.07) is 8.94. The molecule has 1 aromatic rings. The third kappa shape index (κ3) is 4.48. The van der Waals surface area contributed by atoms with E-state index in [4.69, 9.17) is 0 Å². The maximum Gasteiger partial charge on any atom is 0.0328 e. The summed E-state index contributed by atoms with van der Waals surface area (Å²) in [6.07, 6.45) is 4.52. The molecule has 90 valence electrons. The Labute approximate surface area is 112 Å². The first-order valence-electron chi connectivity index (χ1n) is 5.76. The van der Waals surface area contributed by atoms with Gasteiger partial charge in [-0.3, -0.25) is 0 Å². The fraction of sp³-hybridized carbons (Fsp3) is 0.538. The monoisotopic (exact) mass is 301 g/mol. The van der Waals surface area contributed by atoms with Gasteiger partial charge in [0.15, 0.2) is 0 Å². The lowest BCUT2D eigenvalue weighted by Crippen LogP contribution is -2.22. The number of hydrogen-bond donors (Lipinski definition) is 1. The van der Waals surface area contributed by atoms with Crippen molar-refractivity contribution in [3.63, 3.8) is 0 Å². The highest BCUT2D eigenvalue weighted by Gasteiger charge is 2.10. The maximum absolute atomic E-state index is 3.62. The van der Waals surface area contributed by atoms with Gasteiger partial charge >= 0.3 is 0 Å². The molecule has 0 aliphatic carbocycles. The van der Waals surface area contributed by atoms with E-state index in [1.54, 1.807) is 0 Å². The Bertz CT molecular complexity index is 304. The molecule has 0 bridgehead atoms. The summed E-state index contributed by atoms with van der Waals surface area (Å²) in [7, 11) is 0. The predicted octanol–water partition coefficient (Wildman–Crippen LogP) is 4.24. The van der Waals surface area contributed by atoms with Crippen LogP contribution < -0.4 is 5.32 Å². The Morgan fingerprint density at radius 3 is 2.75 bits per heavy atom. The summed E-state index contributed by atoms with van der Waals surface area (Å²) in [5, 5.41) is 3.62. The molecule has 1 unspecified atom stereocenters. The molecule has 1 atom stereocenters. The second-order valence-electron chi connectivity index (χ2n) is 3.78. The summed E-state index contributed by atoms with van der Waals surface area (Å²) in [4.78, 5) is 0. The smallest absolute Gasteiger partial charge is 0.0328 e. The zero-order chi connectivity index (χ0) is 11.8. The molecular formula is C13H20BrNS. The van der Waals surface area contributed by atoms with Crippen LogP contribution in [0.1, 0.15) is 31.4 Å². The Morgan fingerprint density at radius 1 is 1.38 bits per heavy atom. The van der Waals surface area contributed by atoms with E-state index in [9.17, 15) is 0 Å². The first-order valence-corrected chi connectivity index (χ1v) is 7.95. The highest BCUT2D eigenvalue weighted by atomic mass is 79.9. The van der Waals surface area contributed by atoms with Gasteiger partial charge in [-0.2, -0.15) is 11.8 Å². The average Bonchev–Trinajstić information content (AvgIpc) is 2.31. The molecule has 0 saturated carbocycles.